The minimum Gasteiger partial charge on any atom is -0.461 e. The van der Waals surface area contributed by atoms with Crippen LogP contribution in [0, 0.1) is 0 Å². The van der Waals surface area contributed by atoms with Crippen LogP contribution in [0.2, 0.25) is 0 Å². The van der Waals surface area contributed by atoms with Crippen LogP contribution in [0.3, 0.4) is 0 Å². The number of carbonyl (C=O) groups excluding carboxylic acids is 2. The minimum atomic E-state index is -3.91. The van der Waals surface area contributed by atoms with E-state index in [1.165, 1.54) is 18.9 Å². The second-order valence-electron chi connectivity index (χ2n) is 7.48. The lowest BCUT2D eigenvalue weighted by atomic mass is 9.91. The number of ether oxygens (including phenoxy) is 1. The summed E-state index contributed by atoms with van der Waals surface area (Å²) in [5.74, 6) is -5.91. The van der Waals surface area contributed by atoms with Gasteiger partial charge in [0.05, 0.1) is 17.9 Å². The first-order valence-corrected chi connectivity index (χ1v) is 9.96. The lowest BCUT2D eigenvalue weighted by molar-refractivity contribution is -0.166. The fraction of sp³-hybridized carbons (Fsp3) is 0.250. The first kappa shape index (κ1) is 20.8. The number of likely N-dealkylation sites (N-methyl/N-ethyl adjacent to an activating group) is 1. The molecule has 1 amide bonds. The summed E-state index contributed by atoms with van der Waals surface area (Å²) in [6.45, 7) is 0.902. The number of benzene rings is 2. The van der Waals surface area contributed by atoms with Gasteiger partial charge in [0.25, 0.3) is 5.91 Å². The molecule has 0 spiro atoms. The number of halogens is 2. The van der Waals surface area contributed by atoms with Gasteiger partial charge >= 0.3 is 11.9 Å². The third-order valence-electron chi connectivity index (χ3n) is 5.57. The Morgan fingerprint density at radius 2 is 1.71 bits per heavy atom. The number of amides is 1. The lowest BCUT2D eigenvalue weighted by Crippen LogP contribution is -2.39. The predicted molar refractivity (Wildman–Crippen MR) is 114 cm³/mol. The molecule has 0 N–H and O–H groups in total. The van der Waals surface area contributed by atoms with Crippen molar-refractivity contribution in [3.05, 3.63) is 77.0 Å². The Hall–Kier alpha value is -3.48. The van der Waals surface area contributed by atoms with Crippen LogP contribution in [0.4, 0.5) is 8.78 Å². The summed E-state index contributed by atoms with van der Waals surface area (Å²) in [5, 5.41) is 0.672. The monoisotopic (exact) mass is 424 g/mol. The molecule has 0 bridgehead atoms. The van der Waals surface area contributed by atoms with E-state index in [0.29, 0.717) is 22.2 Å². The van der Waals surface area contributed by atoms with Crippen LogP contribution in [0.1, 0.15) is 28.5 Å². The van der Waals surface area contributed by atoms with E-state index in [2.05, 4.69) is 0 Å². The number of rotatable bonds is 4. The maximum Gasteiger partial charge on any atom is 0.381 e. The fourth-order valence-corrected chi connectivity index (χ4v) is 4.14. The number of aryl methyl sites for hydroxylation is 1. The highest BCUT2D eigenvalue weighted by Crippen LogP contribution is 2.43. The number of aromatic nitrogens is 1. The minimum absolute atomic E-state index is 0.170. The molecule has 0 aliphatic carbocycles. The van der Waals surface area contributed by atoms with Gasteiger partial charge in [-0.1, -0.05) is 48.5 Å². The maximum absolute atomic E-state index is 15.5. The number of nitrogens with zero attached hydrogens (tertiary/aromatic N) is 2. The number of hydrogen-bond acceptors (Lipinski definition) is 3. The summed E-state index contributed by atoms with van der Waals surface area (Å²) in [6, 6.07) is 15.9. The zero-order valence-electron chi connectivity index (χ0n) is 17.5. The zero-order valence-corrected chi connectivity index (χ0v) is 17.5. The highest BCUT2D eigenvalue weighted by molar-refractivity contribution is 6.13. The second-order valence-corrected chi connectivity index (χ2v) is 7.48. The average Bonchev–Trinajstić information content (AvgIpc) is 2.99. The summed E-state index contributed by atoms with van der Waals surface area (Å²) in [4.78, 5) is 26.9. The zero-order chi connectivity index (χ0) is 22.3. The van der Waals surface area contributed by atoms with Gasteiger partial charge in [-0.3, -0.25) is 4.79 Å². The van der Waals surface area contributed by atoms with Crippen molar-refractivity contribution in [2.45, 2.75) is 12.8 Å². The van der Waals surface area contributed by atoms with Crippen LogP contribution in [0.5, 0.6) is 0 Å². The first-order chi connectivity index (χ1) is 14.8. The van der Waals surface area contributed by atoms with E-state index in [1.807, 2.05) is 12.1 Å². The number of para-hydroxylation sites is 1. The number of fused-ring (bicyclic) bond motifs is 3. The van der Waals surface area contributed by atoms with E-state index in [-0.39, 0.29) is 18.1 Å². The van der Waals surface area contributed by atoms with Crippen LogP contribution in [-0.4, -0.2) is 47.5 Å². The van der Waals surface area contributed by atoms with Gasteiger partial charge in [-0.05, 0) is 18.6 Å². The molecule has 3 aromatic rings. The van der Waals surface area contributed by atoms with Crippen molar-refractivity contribution in [3.63, 3.8) is 0 Å². The predicted octanol–water partition coefficient (Wildman–Crippen LogP) is 4.26. The molecule has 1 aliphatic heterocycles. The summed E-state index contributed by atoms with van der Waals surface area (Å²) in [7, 11) is 3.20. The van der Waals surface area contributed by atoms with Gasteiger partial charge in [-0.2, -0.15) is 8.78 Å². The van der Waals surface area contributed by atoms with Crippen LogP contribution in [-0.2, 0) is 16.6 Å². The topological polar surface area (TPSA) is 51.5 Å². The molecule has 7 heteroatoms. The van der Waals surface area contributed by atoms with E-state index in [1.54, 1.807) is 54.1 Å². The summed E-state index contributed by atoms with van der Waals surface area (Å²) in [6.07, 6.45) is 0. The number of carbonyl (C=O) groups is 2. The van der Waals surface area contributed by atoms with Crippen LogP contribution in [0.15, 0.2) is 60.2 Å². The van der Waals surface area contributed by atoms with E-state index >= 15 is 8.78 Å². The van der Waals surface area contributed by atoms with Crippen molar-refractivity contribution in [3.8, 4) is 0 Å². The number of alkyl halides is 2. The summed E-state index contributed by atoms with van der Waals surface area (Å²) >= 11 is 0. The van der Waals surface area contributed by atoms with Crippen LogP contribution < -0.4 is 0 Å². The molecule has 1 aliphatic rings. The fourth-order valence-electron chi connectivity index (χ4n) is 4.14. The van der Waals surface area contributed by atoms with Gasteiger partial charge in [-0.15, -0.1) is 0 Å². The van der Waals surface area contributed by atoms with Gasteiger partial charge < -0.3 is 14.2 Å². The van der Waals surface area contributed by atoms with Crippen molar-refractivity contribution < 1.29 is 23.1 Å². The standard InChI is InChI=1S/C24H22F2N2O3/c1-4-31-23(30)24(25,26)17-14-27(2)22(29)20-16-12-8-9-13-18(16)28(3)21(20)19(17)15-10-6-5-7-11-15/h5-13H,4,14H2,1-3H3. The van der Waals surface area contributed by atoms with Gasteiger partial charge in [0.1, 0.15) is 0 Å². The largest absolute Gasteiger partial charge is 0.461 e. The maximum atomic E-state index is 15.5. The number of esters is 1. The molecule has 0 atom stereocenters. The van der Waals surface area contributed by atoms with Gasteiger partial charge in [0.15, 0.2) is 0 Å². The highest BCUT2D eigenvalue weighted by Gasteiger charge is 2.49. The lowest BCUT2D eigenvalue weighted by Gasteiger charge is -2.24. The Bertz CT molecular complexity index is 1210. The third kappa shape index (κ3) is 3.21. The molecule has 2 heterocycles. The van der Waals surface area contributed by atoms with Crippen LogP contribution in [0.25, 0.3) is 16.5 Å². The van der Waals surface area contributed by atoms with Crippen LogP contribution >= 0.6 is 0 Å². The Morgan fingerprint density at radius 1 is 1.06 bits per heavy atom. The average molecular weight is 424 g/mol. The molecule has 4 rings (SSSR count). The molecular formula is C24H22F2N2O3. The van der Waals surface area contributed by atoms with Crippen molar-refractivity contribution in [2.24, 2.45) is 7.05 Å². The summed E-state index contributed by atoms with van der Waals surface area (Å²) < 4.78 is 37.4. The Balaban J connectivity index is 2.16. The molecule has 160 valence electrons. The smallest absolute Gasteiger partial charge is 0.381 e. The molecule has 1 aromatic heterocycles. The Morgan fingerprint density at radius 3 is 2.39 bits per heavy atom. The molecule has 31 heavy (non-hydrogen) atoms. The molecule has 5 nitrogen and oxygen atoms in total. The van der Waals surface area contributed by atoms with E-state index < -0.39 is 24.0 Å². The van der Waals surface area contributed by atoms with E-state index in [9.17, 15) is 9.59 Å². The van der Waals surface area contributed by atoms with Gasteiger partial charge in [-0.25, -0.2) is 4.79 Å². The third-order valence-corrected chi connectivity index (χ3v) is 5.57. The van der Waals surface area contributed by atoms with Gasteiger partial charge in [0.2, 0.25) is 0 Å². The SMILES string of the molecule is CCOC(=O)C(F)(F)C1=C(c2ccccc2)c2c(c3ccccc3n2C)C(=O)N(C)C1. The molecular weight excluding hydrogens is 402 g/mol. The normalized spacial score (nSPS) is 14.6. The quantitative estimate of drug-likeness (QED) is 0.588. The molecule has 0 saturated heterocycles. The second kappa shape index (κ2) is 7.65. The molecule has 0 radical (unpaired) electrons. The molecule has 0 saturated carbocycles. The van der Waals surface area contributed by atoms with Crippen molar-refractivity contribution in [1.82, 2.24) is 9.47 Å². The van der Waals surface area contributed by atoms with Crippen molar-refractivity contribution in [2.75, 3.05) is 20.2 Å². The first-order valence-electron chi connectivity index (χ1n) is 9.96. The number of hydrogen-bond donors (Lipinski definition) is 0. The molecule has 0 unspecified atom stereocenters. The van der Waals surface area contributed by atoms with Crippen molar-refractivity contribution >= 4 is 28.4 Å². The van der Waals surface area contributed by atoms with Gasteiger partial charge in [0, 0.05) is 42.7 Å². The van der Waals surface area contributed by atoms with Crippen molar-refractivity contribution in [1.29, 1.82) is 0 Å². The summed E-state index contributed by atoms with van der Waals surface area (Å²) in [5.41, 5.74) is 1.65. The highest BCUT2D eigenvalue weighted by atomic mass is 19.3. The molecule has 0 fully saturated rings. The Labute approximate surface area is 178 Å². The van der Waals surface area contributed by atoms with E-state index in [0.717, 1.165) is 5.52 Å². The Kier molecular flexibility index (Phi) is 5.13. The van der Waals surface area contributed by atoms with E-state index in [4.69, 9.17) is 4.74 Å². The molecule has 2 aromatic carbocycles.